The molecule has 2 bridgehead atoms. The first-order chi connectivity index (χ1) is 13.5. The smallest absolute Gasteiger partial charge is 0.411 e. The zero-order chi connectivity index (χ0) is 21.5. The quantitative estimate of drug-likeness (QED) is 0.659. The van der Waals surface area contributed by atoms with Gasteiger partial charge in [0.25, 0.3) is 0 Å². The van der Waals surface area contributed by atoms with Crippen LogP contribution >= 0.6 is 0 Å². The zero-order valence-electron chi connectivity index (χ0n) is 18.4. The van der Waals surface area contributed by atoms with Gasteiger partial charge in [-0.2, -0.15) is 0 Å². The fourth-order valence-electron chi connectivity index (χ4n) is 4.57. The molecule has 4 atom stereocenters. The number of rotatable bonds is 4. The first-order valence-electron chi connectivity index (χ1n) is 10.5. The molecule has 0 saturated carbocycles. The number of likely N-dealkylation sites (N-methyl/N-ethyl adjacent to an activating group) is 1. The summed E-state index contributed by atoms with van der Waals surface area (Å²) in [6.45, 7) is 8.94. The van der Waals surface area contributed by atoms with Gasteiger partial charge in [-0.3, -0.25) is 19.4 Å². The predicted octanol–water partition coefficient (Wildman–Crippen LogP) is 1.31. The van der Waals surface area contributed by atoms with Crippen LogP contribution in [0.15, 0.2) is 12.2 Å². The van der Waals surface area contributed by atoms with Crippen molar-refractivity contribution in [3.8, 4) is 0 Å². The Bertz CT molecular complexity index is 699. The van der Waals surface area contributed by atoms with Gasteiger partial charge in [-0.15, -0.1) is 0 Å². The van der Waals surface area contributed by atoms with Crippen LogP contribution in [-0.4, -0.2) is 101 Å². The van der Waals surface area contributed by atoms with Crippen molar-refractivity contribution in [3.63, 3.8) is 0 Å². The number of ether oxygens (including phenoxy) is 1. The van der Waals surface area contributed by atoms with Crippen LogP contribution in [0, 0.1) is 0 Å². The summed E-state index contributed by atoms with van der Waals surface area (Å²) >= 11 is 0. The van der Waals surface area contributed by atoms with Crippen molar-refractivity contribution >= 4 is 17.9 Å². The average Bonchev–Trinajstić information content (AvgIpc) is 3.34. The average molecular weight is 407 g/mol. The van der Waals surface area contributed by atoms with E-state index < -0.39 is 17.7 Å². The lowest BCUT2D eigenvalue weighted by atomic mass is 10.1. The second kappa shape index (κ2) is 7.97. The van der Waals surface area contributed by atoms with Gasteiger partial charge in [-0.05, 0) is 47.7 Å². The number of carbonyl (C=O) groups excluding carboxylic acids is 3. The van der Waals surface area contributed by atoms with E-state index in [1.165, 1.54) is 4.90 Å². The number of hydrogen-bond donors (Lipinski definition) is 0. The molecule has 0 aromatic heterocycles. The summed E-state index contributed by atoms with van der Waals surface area (Å²) in [5, 5.41) is 0. The summed E-state index contributed by atoms with van der Waals surface area (Å²) in [4.78, 5) is 45.8. The molecule has 3 amide bonds. The fraction of sp³-hybridized carbons (Fsp3) is 0.762. The Hall–Kier alpha value is -2.09. The van der Waals surface area contributed by atoms with E-state index in [4.69, 9.17) is 4.74 Å². The molecule has 8 heteroatoms. The number of piperazine rings is 1. The van der Waals surface area contributed by atoms with Crippen LogP contribution in [0.25, 0.3) is 0 Å². The fourth-order valence-corrected chi connectivity index (χ4v) is 4.57. The highest BCUT2D eigenvalue weighted by Gasteiger charge is 2.50. The maximum Gasteiger partial charge on any atom is 0.411 e. The van der Waals surface area contributed by atoms with E-state index in [2.05, 4.69) is 0 Å². The van der Waals surface area contributed by atoms with E-state index in [0.717, 1.165) is 12.8 Å². The van der Waals surface area contributed by atoms with Gasteiger partial charge in [0, 0.05) is 19.6 Å². The Morgan fingerprint density at radius 3 is 2.24 bits per heavy atom. The van der Waals surface area contributed by atoms with E-state index in [9.17, 15) is 14.4 Å². The molecule has 3 rings (SSSR count). The van der Waals surface area contributed by atoms with Crippen LogP contribution in [0.5, 0.6) is 0 Å². The highest BCUT2D eigenvalue weighted by molar-refractivity contribution is 5.90. The zero-order valence-corrected chi connectivity index (χ0v) is 18.4. The van der Waals surface area contributed by atoms with Gasteiger partial charge in [0.1, 0.15) is 11.6 Å². The molecule has 0 radical (unpaired) electrons. The molecule has 2 fully saturated rings. The molecule has 2 saturated heterocycles. The Labute approximate surface area is 173 Å². The van der Waals surface area contributed by atoms with Gasteiger partial charge in [-0.1, -0.05) is 19.1 Å². The molecule has 29 heavy (non-hydrogen) atoms. The van der Waals surface area contributed by atoms with Crippen molar-refractivity contribution in [1.29, 1.82) is 0 Å². The van der Waals surface area contributed by atoms with E-state index >= 15 is 0 Å². The highest BCUT2D eigenvalue weighted by Crippen LogP contribution is 2.33. The van der Waals surface area contributed by atoms with Crippen LogP contribution in [0.2, 0.25) is 0 Å². The number of amides is 3. The van der Waals surface area contributed by atoms with Crippen LogP contribution in [0.4, 0.5) is 4.79 Å². The Kier molecular flexibility index (Phi) is 5.94. The summed E-state index contributed by atoms with van der Waals surface area (Å²) < 4.78 is 5.45. The minimum atomic E-state index is -0.626. The number of fused-ring (bicyclic) bond motifs is 2. The van der Waals surface area contributed by atoms with E-state index in [1.807, 2.05) is 62.6 Å². The summed E-state index contributed by atoms with van der Waals surface area (Å²) in [5.74, 6) is 0.0668. The van der Waals surface area contributed by atoms with Crippen molar-refractivity contribution in [2.75, 3.05) is 33.7 Å². The molecule has 0 aromatic carbocycles. The van der Waals surface area contributed by atoms with Crippen molar-refractivity contribution < 1.29 is 19.1 Å². The van der Waals surface area contributed by atoms with Crippen LogP contribution in [-0.2, 0) is 14.3 Å². The normalized spacial score (nSPS) is 27.1. The van der Waals surface area contributed by atoms with Gasteiger partial charge in [0.05, 0.1) is 18.1 Å². The third kappa shape index (κ3) is 4.27. The standard InChI is InChI=1S/C21H34N4O4/c1-7-16(22(5)6)18(26)24-12-15-11-14(24)13-25(15)19(27)17-9-8-10-23(17)20(28)29-21(2,3)4/h8-9,14-17H,7,10-13H2,1-6H3/t14-,15-,16-,17?/m0/s1. The Morgan fingerprint density at radius 2 is 1.72 bits per heavy atom. The third-order valence-electron chi connectivity index (χ3n) is 5.94. The molecule has 8 nitrogen and oxygen atoms in total. The second-order valence-corrected chi connectivity index (χ2v) is 9.42. The van der Waals surface area contributed by atoms with Crippen molar-refractivity contribution in [2.24, 2.45) is 0 Å². The van der Waals surface area contributed by atoms with Crippen molar-refractivity contribution in [3.05, 3.63) is 12.2 Å². The van der Waals surface area contributed by atoms with Crippen molar-refractivity contribution in [1.82, 2.24) is 19.6 Å². The maximum absolute atomic E-state index is 13.2. The number of hydrogen-bond acceptors (Lipinski definition) is 5. The molecule has 0 aliphatic carbocycles. The van der Waals surface area contributed by atoms with Crippen LogP contribution in [0.1, 0.15) is 40.5 Å². The monoisotopic (exact) mass is 406 g/mol. The second-order valence-electron chi connectivity index (χ2n) is 9.42. The molecule has 162 valence electrons. The SMILES string of the molecule is CC[C@@H](C(=O)N1C[C@@H]2C[C@H]1CN2C(=O)C1C=CCN1C(=O)OC(C)(C)C)N(C)C. The lowest BCUT2D eigenvalue weighted by Crippen LogP contribution is -2.57. The van der Waals surface area contributed by atoms with Crippen LogP contribution < -0.4 is 0 Å². The largest absolute Gasteiger partial charge is 0.444 e. The molecule has 3 heterocycles. The van der Waals surface area contributed by atoms with Gasteiger partial charge >= 0.3 is 6.09 Å². The first kappa shape index (κ1) is 21.6. The van der Waals surface area contributed by atoms with Gasteiger partial charge in [0.2, 0.25) is 11.8 Å². The summed E-state index contributed by atoms with van der Waals surface area (Å²) in [6, 6.07) is -0.672. The molecular weight excluding hydrogens is 372 g/mol. The third-order valence-corrected chi connectivity index (χ3v) is 5.94. The minimum Gasteiger partial charge on any atom is -0.444 e. The first-order valence-corrected chi connectivity index (χ1v) is 10.5. The van der Waals surface area contributed by atoms with Gasteiger partial charge in [-0.25, -0.2) is 4.79 Å². The van der Waals surface area contributed by atoms with Gasteiger partial charge in [0.15, 0.2) is 0 Å². The summed E-state index contributed by atoms with van der Waals surface area (Å²) in [6.07, 6.45) is 4.71. The van der Waals surface area contributed by atoms with Crippen molar-refractivity contribution in [2.45, 2.75) is 70.3 Å². The highest BCUT2D eigenvalue weighted by atomic mass is 16.6. The lowest BCUT2D eigenvalue weighted by Gasteiger charge is -2.38. The molecule has 3 aliphatic heterocycles. The summed E-state index contributed by atoms with van der Waals surface area (Å²) in [5.41, 5.74) is -0.608. The molecular formula is C21H34N4O4. The molecule has 0 N–H and O–H groups in total. The number of nitrogens with zero attached hydrogens (tertiary/aromatic N) is 4. The number of carbonyl (C=O) groups is 3. The topological polar surface area (TPSA) is 73.4 Å². The summed E-state index contributed by atoms with van der Waals surface area (Å²) in [7, 11) is 3.85. The minimum absolute atomic E-state index is 0.0191. The van der Waals surface area contributed by atoms with E-state index in [1.54, 1.807) is 6.08 Å². The molecule has 0 spiro atoms. The maximum atomic E-state index is 13.2. The van der Waals surface area contributed by atoms with E-state index in [-0.39, 0.29) is 29.9 Å². The Morgan fingerprint density at radius 1 is 1.10 bits per heavy atom. The molecule has 1 unspecified atom stereocenters. The predicted molar refractivity (Wildman–Crippen MR) is 109 cm³/mol. The molecule has 0 aromatic rings. The number of likely N-dealkylation sites (tertiary alicyclic amines) is 2. The molecule has 3 aliphatic rings. The van der Waals surface area contributed by atoms with E-state index in [0.29, 0.717) is 19.6 Å². The van der Waals surface area contributed by atoms with Crippen LogP contribution in [0.3, 0.4) is 0 Å². The lowest BCUT2D eigenvalue weighted by molar-refractivity contribution is -0.144. The van der Waals surface area contributed by atoms with Gasteiger partial charge < -0.3 is 14.5 Å². The Balaban J connectivity index is 1.64.